The van der Waals surface area contributed by atoms with E-state index in [0.717, 1.165) is 5.56 Å². The van der Waals surface area contributed by atoms with Crippen molar-refractivity contribution >= 4 is 38.5 Å². The number of sulfonamides is 1. The number of piperidine rings is 1. The van der Waals surface area contributed by atoms with Crippen molar-refractivity contribution in [3.05, 3.63) is 72.4 Å². The van der Waals surface area contributed by atoms with Crippen molar-refractivity contribution in [2.75, 3.05) is 17.0 Å². The third-order valence-corrected chi connectivity index (χ3v) is 10.3. The number of amides is 1. The first-order valence-electron chi connectivity index (χ1n) is 17.3. The van der Waals surface area contributed by atoms with Gasteiger partial charge in [0.1, 0.15) is 34.8 Å². The van der Waals surface area contributed by atoms with Crippen LogP contribution >= 0.6 is 0 Å². The molecule has 0 radical (unpaired) electrons. The van der Waals surface area contributed by atoms with Crippen LogP contribution in [0, 0.1) is 5.82 Å². The molecule has 1 fully saturated rings. The monoisotopic (exact) mass is 768 g/mol. The maximum atomic E-state index is 13.6. The van der Waals surface area contributed by atoms with E-state index in [1.165, 1.54) is 42.5 Å². The SMILES string of the molecule is CC(Oc1cc(-c2nn(C)c3c(-c4cnn(C5CCN(C(=O)OC(C)(C)C)C(C)(C)C5)c4)cnc(N)c23)ccc1NS(=O)(=O)C(F)F)c1ccc(F)cc1. The van der Waals surface area contributed by atoms with Crippen LogP contribution in [0.3, 0.4) is 0 Å². The standard InChI is InChI=1S/C37H43F3N8O5S/c1-21(22-8-11-25(38)12-9-22)52-29-16-23(10-13-28(29)45-54(50,51)34(39)40)31-30-32(46(7)44-31)27(19-42-33(30)41)24-18-43-48(20-24)26-14-15-47(37(5,6)17-26)35(49)53-36(2,3)4/h8-13,16,18-21,26,34,45H,14-15,17H2,1-7H3,(H2,41,42). The Labute approximate surface area is 311 Å². The molecule has 1 saturated heterocycles. The molecule has 0 spiro atoms. The number of nitrogens with zero attached hydrogens (tertiary/aromatic N) is 6. The van der Waals surface area contributed by atoms with Gasteiger partial charge in [-0.3, -0.25) is 14.1 Å². The minimum Gasteiger partial charge on any atom is -0.484 e. The zero-order valence-electron chi connectivity index (χ0n) is 31.0. The Bertz CT molecular complexity index is 2300. The second-order valence-electron chi connectivity index (χ2n) is 15.0. The molecule has 54 heavy (non-hydrogen) atoms. The van der Waals surface area contributed by atoms with Crippen LogP contribution < -0.4 is 15.2 Å². The van der Waals surface area contributed by atoms with E-state index in [1.807, 2.05) is 50.2 Å². The summed E-state index contributed by atoms with van der Waals surface area (Å²) < 4.78 is 82.0. The minimum atomic E-state index is -5.05. The summed E-state index contributed by atoms with van der Waals surface area (Å²) in [4.78, 5) is 19.2. The lowest BCUT2D eigenvalue weighted by Gasteiger charge is -2.45. The molecule has 0 aliphatic carbocycles. The Morgan fingerprint density at radius 1 is 1.09 bits per heavy atom. The number of fused-ring (bicyclic) bond motifs is 1. The second kappa shape index (κ2) is 14.2. The number of anilines is 2. The van der Waals surface area contributed by atoms with Gasteiger partial charge >= 0.3 is 11.9 Å². The summed E-state index contributed by atoms with van der Waals surface area (Å²) in [6.07, 6.45) is 5.53. The molecule has 2 unspecified atom stereocenters. The number of hydrogen-bond donors (Lipinski definition) is 2. The van der Waals surface area contributed by atoms with Gasteiger partial charge in [-0.1, -0.05) is 18.2 Å². The number of ether oxygens (including phenoxy) is 2. The molecule has 4 heterocycles. The predicted octanol–water partition coefficient (Wildman–Crippen LogP) is 7.68. The first-order chi connectivity index (χ1) is 25.2. The third kappa shape index (κ3) is 7.81. The minimum absolute atomic E-state index is 0.00324. The fourth-order valence-corrected chi connectivity index (χ4v) is 7.28. The number of pyridine rings is 1. The summed E-state index contributed by atoms with van der Waals surface area (Å²) in [6.45, 7) is 11.7. The van der Waals surface area contributed by atoms with Crippen LogP contribution in [0.2, 0.25) is 0 Å². The highest BCUT2D eigenvalue weighted by atomic mass is 32.2. The zero-order valence-corrected chi connectivity index (χ0v) is 31.8. The van der Waals surface area contributed by atoms with Gasteiger partial charge in [0.2, 0.25) is 0 Å². The van der Waals surface area contributed by atoms with Crippen molar-refractivity contribution in [3.63, 3.8) is 0 Å². The van der Waals surface area contributed by atoms with E-state index < -0.39 is 38.8 Å². The Kier molecular flexibility index (Phi) is 10.1. The number of nitrogen functional groups attached to an aromatic ring is 1. The maximum absolute atomic E-state index is 13.6. The topological polar surface area (TPSA) is 159 Å². The number of aryl methyl sites for hydroxylation is 1. The van der Waals surface area contributed by atoms with E-state index in [-0.39, 0.29) is 29.4 Å². The normalized spacial score (nSPS) is 16.8. The molecule has 288 valence electrons. The van der Waals surface area contributed by atoms with Gasteiger partial charge in [-0.15, -0.1) is 0 Å². The summed E-state index contributed by atoms with van der Waals surface area (Å²) in [5.41, 5.74) is 8.61. The van der Waals surface area contributed by atoms with Gasteiger partial charge in [-0.2, -0.15) is 19.0 Å². The molecule has 3 N–H and O–H groups in total. The number of rotatable bonds is 9. The van der Waals surface area contributed by atoms with Gasteiger partial charge in [0.25, 0.3) is 10.0 Å². The second-order valence-corrected chi connectivity index (χ2v) is 16.6. The average Bonchev–Trinajstić information content (AvgIpc) is 3.70. The summed E-state index contributed by atoms with van der Waals surface area (Å²) in [5, 5.41) is 9.95. The van der Waals surface area contributed by atoms with E-state index >= 15 is 0 Å². The van der Waals surface area contributed by atoms with Crippen molar-refractivity contribution in [2.24, 2.45) is 7.05 Å². The molecule has 5 aromatic rings. The van der Waals surface area contributed by atoms with Crippen LogP contribution in [0.5, 0.6) is 5.75 Å². The number of nitrogens with two attached hydrogens (primary N) is 1. The lowest BCUT2D eigenvalue weighted by atomic mass is 9.87. The van der Waals surface area contributed by atoms with Crippen molar-refractivity contribution in [3.8, 4) is 28.1 Å². The Balaban J connectivity index is 1.34. The molecule has 13 nitrogen and oxygen atoms in total. The number of carbonyl (C=O) groups is 1. The first-order valence-corrected chi connectivity index (χ1v) is 18.8. The number of benzene rings is 2. The van der Waals surface area contributed by atoms with Crippen molar-refractivity contribution in [1.29, 1.82) is 0 Å². The van der Waals surface area contributed by atoms with Crippen LogP contribution in [0.1, 0.15) is 72.1 Å². The van der Waals surface area contributed by atoms with Gasteiger partial charge in [-0.25, -0.2) is 22.6 Å². The number of halogens is 3. The number of aromatic nitrogens is 5. The average molecular weight is 769 g/mol. The van der Waals surface area contributed by atoms with Crippen molar-refractivity contribution < 1.29 is 35.9 Å². The lowest BCUT2D eigenvalue weighted by Crippen LogP contribution is -2.54. The fraction of sp³-hybridized carbons (Fsp3) is 0.405. The number of likely N-dealkylation sites (tertiary alicyclic amines) is 1. The highest BCUT2D eigenvalue weighted by molar-refractivity contribution is 7.93. The first kappa shape index (κ1) is 38.4. The lowest BCUT2D eigenvalue weighted by molar-refractivity contribution is -0.0143. The predicted molar refractivity (Wildman–Crippen MR) is 199 cm³/mol. The highest BCUT2D eigenvalue weighted by Gasteiger charge is 2.40. The van der Waals surface area contributed by atoms with Crippen LogP contribution in [-0.2, 0) is 21.8 Å². The number of alkyl halides is 2. The molecule has 0 saturated carbocycles. The summed E-state index contributed by atoms with van der Waals surface area (Å²) in [6, 6.07) is 9.79. The van der Waals surface area contributed by atoms with E-state index in [2.05, 4.69) is 4.98 Å². The highest BCUT2D eigenvalue weighted by Crippen LogP contribution is 2.41. The fourth-order valence-electron chi connectivity index (χ4n) is 6.72. The van der Waals surface area contributed by atoms with Crippen LogP contribution in [-0.4, -0.2) is 67.4 Å². The van der Waals surface area contributed by atoms with E-state index in [1.54, 1.807) is 35.9 Å². The van der Waals surface area contributed by atoms with Gasteiger partial charge in [-0.05, 0) is 84.2 Å². The molecular weight excluding hydrogens is 726 g/mol. The molecule has 6 rings (SSSR count). The molecule has 1 aliphatic rings. The molecule has 1 aliphatic heterocycles. The van der Waals surface area contributed by atoms with Crippen LogP contribution in [0.25, 0.3) is 33.3 Å². The Hall–Kier alpha value is -5.32. The molecule has 1 amide bonds. The summed E-state index contributed by atoms with van der Waals surface area (Å²) in [5.74, 6) is -4.05. The number of carbonyl (C=O) groups excluding carboxylic acids is 1. The number of nitrogens with one attached hydrogen (secondary N) is 1. The summed E-state index contributed by atoms with van der Waals surface area (Å²) in [7, 11) is -3.31. The van der Waals surface area contributed by atoms with Gasteiger partial charge in [0, 0.05) is 48.2 Å². The van der Waals surface area contributed by atoms with Gasteiger partial charge in [0.15, 0.2) is 0 Å². The molecule has 0 bridgehead atoms. The van der Waals surface area contributed by atoms with E-state index in [0.29, 0.717) is 52.7 Å². The van der Waals surface area contributed by atoms with E-state index in [9.17, 15) is 26.4 Å². The molecule has 3 aromatic heterocycles. The molecular formula is C37H43F3N8O5S. The van der Waals surface area contributed by atoms with Crippen molar-refractivity contribution in [1.82, 2.24) is 29.4 Å². The zero-order chi connectivity index (χ0) is 39.3. The van der Waals surface area contributed by atoms with Gasteiger partial charge < -0.3 is 20.1 Å². The summed E-state index contributed by atoms with van der Waals surface area (Å²) >= 11 is 0. The molecule has 17 heteroatoms. The van der Waals surface area contributed by atoms with Crippen LogP contribution in [0.15, 0.2) is 61.1 Å². The van der Waals surface area contributed by atoms with Crippen molar-refractivity contribution in [2.45, 2.75) is 83.4 Å². The third-order valence-electron chi connectivity index (χ3n) is 9.33. The van der Waals surface area contributed by atoms with Gasteiger partial charge in [0.05, 0.1) is 28.8 Å². The van der Waals surface area contributed by atoms with E-state index in [4.69, 9.17) is 25.4 Å². The molecule has 2 atom stereocenters. The quantitative estimate of drug-likeness (QED) is 0.153. The Morgan fingerprint density at radius 3 is 2.44 bits per heavy atom. The molecule has 2 aromatic carbocycles. The smallest absolute Gasteiger partial charge is 0.410 e. The Morgan fingerprint density at radius 2 is 1.80 bits per heavy atom. The number of hydrogen-bond acceptors (Lipinski definition) is 9. The van der Waals surface area contributed by atoms with Crippen LogP contribution in [0.4, 0.5) is 29.5 Å². The maximum Gasteiger partial charge on any atom is 0.410 e. The largest absolute Gasteiger partial charge is 0.484 e.